The summed E-state index contributed by atoms with van der Waals surface area (Å²) in [5.74, 6) is 5.04. The third-order valence-corrected chi connectivity index (χ3v) is 2.24. The van der Waals surface area contributed by atoms with Crippen molar-refractivity contribution in [1.82, 2.24) is 0 Å². The average molecular weight is 185 g/mol. The van der Waals surface area contributed by atoms with Crippen molar-refractivity contribution < 1.29 is 3.79 Å². The molecule has 0 unspecified atom stereocenters. The van der Waals surface area contributed by atoms with Crippen molar-refractivity contribution >= 4 is 26.1 Å². The van der Waals surface area contributed by atoms with E-state index in [-0.39, 0.29) is 0 Å². The van der Waals surface area contributed by atoms with Crippen molar-refractivity contribution in [2.24, 2.45) is 0 Å². The quantitative estimate of drug-likeness (QED) is 0.643. The Hall–Kier alpha value is -0.158. The second-order valence-corrected chi connectivity index (χ2v) is 5.34. The smallest absolute Gasteiger partial charge is 0.540 e. The van der Waals surface area contributed by atoms with Crippen LogP contribution >= 0.6 is 11.6 Å². The molecule has 58 valence electrons. The van der Waals surface area contributed by atoms with Gasteiger partial charge in [-0.2, -0.15) is 0 Å². The van der Waals surface area contributed by atoms with E-state index in [2.05, 4.69) is 11.6 Å². The van der Waals surface area contributed by atoms with Crippen LogP contribution in [0.5, 0.6) is 5.75 Å². The molecule has 0 saturated heterocycles. The highest BCUT2D eigenvalue weighted by molar-refractivity contribution is 6.49. The lowest BCUT2D eigenvalue weighted by atomic mass is 10.3. The molecule has 0 N–H and O–H groups in total. The van der Waals surface area contributed by atoms with Crippen molar-refractivity contribution in [2.45, 2.75) is 11.6 Å². The number of hydrogen-bond donors (Lipinski definition) is 0. The van der Waals surface area contributed by atoms with Gasteiger partial charge in [-0.3, -0.25) is 0 Å². The van der Waals surface area contributed by atoms with Gasteiger partial charge in [0.05, 0.1) is 10.8 Å². The van der Waals surface area contributed by atoms with Gasteiger partial charge in [-0.25, -0.2) is 0 Å². The summed E-state index contributed by atoms with van der Waals surface area (Å²) < 4.78 is 5.55. The summed E-state index contributed by atoms with van der Waals surface area (Å²) in [5.41, 5.74) is 0. The van der Waals surface area contributed by atoms with Crippen molar-refractivity contribution in [3.63, 3.8) is 0 Å². The fourth-order valence-corrected chi connectivity index (χ4v) is 1.76. The van der Waals surface area contributed by atoms with Gasteiger partial charge in [0.2, 0.25) is 0 Å². The Balaban J connectivity index is 2.78. The SMILES string of the molecule is [CH3][Al]([CH3])[O]c1ccccc1Cl. The van der Waals surface area contributed by atoms with Gasteiger partial charge in [-0.1, -0.05) is 35.3 Å². The van der Waals surface area contributed by atoms with Gasteiger partial charge >= 0.3 is 14.5 Å². The van der Waals surface area contributed by atoms with Gasteiger partial charge in [-0.05, 0) is 12.1 Å². The maximum atomic E-state index is 5.87. The molecule has 3 heteroatoms. The summed E-state index contributed by atoms with van der Waals surface area (Å²) in [6.07, 6.45) is 0. The van der Waals surface area contributed by atoms with E-state index in [9.17, 15) is 0 Å². The normalized spacial score (nSPS) is 9.36. The Labute approximate surface area is 76.7 Å². The van der Waals surface area contributed by atoms with Crippen LogP contribution in [0.25, 0.3) is 0 Å². The van der Waals surface area contributed by atoms with Gasteiger partial charge in [-0.15, -0.1) is 0 Å². The number of rotatable bonds is 2. The van der Waals surface area contributed by atoms with Crippen LogP contribution in [0.1, 0.15) is 0 Å². The Kier molecular flexibility index (Phi) is 3.26. The predicted molar refractivity (Wildman–Crippen MR) is 49.6 cm³/mol. The van der Waals surface area contributed by atoms with Crippen LogP contribution in [-0.2, 0) is 0 Å². The van der Waals surface area contributed by atoms with Crippen molar-refractivity contribution in [2.75, 3.05) is 0 Å². The summed E-state index contributed by atoms with van der Waals surface area (Å²) in [6.45, 7) is 0. The summed E-state index contributed by atoms with van der Waals surface area (Å²) in [7, 11) is 0. The van der Waals surface area contributed by atoms with Gasteiger partial charge in [0.25, 0.3) is 0 Å². The highest BCUT2D eigenvalue weighted by Gasteiger charge is 2.08. The molecule has 0 spiro atoms. The van der Waals surface area contributed by atoms with Crippen molar-refractivity contribution in [1.29, 1.82) is 0 Å². The zero-order chi connectivity index (χ0) is 8.27. The molecule has 1 aromatic carbocycles. The molecule has 0 heterocycles. The molecule has 0 bridgehead atoms. The largest absolute Gasteiger partial charge is 0.642 e. The predicted octanol–water partition coefficient (Wildman–Crippen LogP) is 2.97. The molecule has 1 rings (SSSR count). The standard InChI is InChI=1S/C6H5ClO.2CH3.Al/c7-5-3-1-2-4-6(5)8;;;/h1-4,8H;2*1H3;/q;;;+1/p-1. The molecule has 0 aliphatic heterocycles. The minimum Gasteiger partial charge on any atom is -0.642 e. The highest BCUT2D eigenvalue weighted by atomic mass is 35.5. The molecular formula is C8H10AlClO. The number of hydrogen-bond acceptors (Lipinski definition) is 1. The van der Waals surface area contributed by atoms with Gasteiger partial charge < -0.3 is 3.79 Å². The van der Waals surface area contributed by atoms with E-state index in [1.165, 1.54) is 0 Å². The maximum Gasteiger partial charge on any atom is 0.540 e. The Morgan fingerprint density at radius 3 is 2.45 bits per heavy atom. The molecule has 0 aliphatic rings. The molecule has 0 aliphatic carbocycles. The van der Waals surface area contributed by atoms with Gasteiger partial charge in [0.15, 0.2) is 0 Å². The number of para-hydroxylation sites is 1. The number of halogens is 1. The Bertz CT molecular complexity index is 237. The summed E-state index contributed by atoms with van der Waals surface area (Å²) in [5, 5.41) is 0.703. The van der Waals surface area contributed by atoms with E-state index in [0.29, 0.717) is 5.02 Å². The van der Waals surface area contributed by atoms with Crippen LogP contribution in [0.4, 0.5) is 0 Å². The lowest BCUT2D eigenvalue weighted by molar-refractivity contribution is 0.581. The van der Waals surface area contributed by atoms with Crippen molar-refractivity contribution in [3.8, 4) is 5.75 Å². The molecular weight excluding hydrogens is 175 g/mol. The minimum atomic E-state index is -1.01. The van der Waals surface area contributed by atoms with E-state index in [4.69, 9.17) is 15.4 Å². The molecule has 0 fully saturated rings. The number of benzene rings is 1. The third-order valence-electron chi connectivity index (χ3n) is 1.20. The molecule has 1 nitrogen and oxygen atoms in total. The van der Waals surface area contributed by atoms with Gasteiger partial charge in [0.1, 0.15) is 0 Å². The van der Waals surface area contributed by atoms with E-state index in [1.54, 1.807) is 0 Å². The van der Waals surface area contributed by atoms with Crippen molar-refractivity contribution in [3.05, 3.63) is 29.3 Å². The summed E-state index contributed by atoms with van der Waals surface area (Å²) in [6, 6.07) is 7.57. The fourth-order valence-electron chi connectivity index (χ4n) is 0.794. The molecule has 0 radical (unpaired) electrons. The lowest BCUT2D eigenvalue weighted by Gasteiger charge is -2.08. The molecule has 0 saturated carbocycles. The first kappa shape index (κ1) is 8.93. The van der Waals surface area contributed by atoms with Crippen LogP contribution in [0, 0.1) is 0 Å². The van der Waals surface area contributed by atoms with E-state index in [0.717, 1.165) is 5.75 Å². The highest BCUT2D eigenvalue weighted by Crippen LogP contribution is 2.23. The molecule has 11 heavy (non-hydrogen) atoms. The van der Waals surface area contributed by atoms with Crippen LogP contribution in [0.3, 0.4) is 0 Å². The maximum absolute atomic E-state index is 5.87. The Morgan fingerprint density at radius 1 is 1.27 bits per heavy atom. The van der Waals surface area contributed by atoms with Crippen LogP contribution in [0.15, 0.2) is 24.3 Å². The first-order valence-corrected chi connectivity index (χ1v) is 6.77. The monoisotopic (exact) mass is 184 g/mol. The van der Waals surface area contributed by atoms with Crippen LogP contribution < -0.4 is 3.79 Å². The van der Waals surface area contributed by atoms with E-state index < -0.39 is 14.5 Å². The minimum absolute atomic E-state index is 0.703. The lowest BCUT2D eigenvalue weighted by Crippen LogP contribution is -2.11. The average Bonchev–Trinajstić information content (AvgIpc) is 1.93. The molecule has 0 atom stereocenters. The van der Waals surface area contributed by atoms with E-state index in [1.807, 2.05) is 24.3 Å². The first-order valence-electron chi connectivity index (χ1n) is 3.61. The molecule has 1 aromatic rings. The van der Waals surface area contributed by atoms with Gasteiger partial charge in [0, 0.05) is 0 Å². The molecule has 0 amide bonds. The van der Waals surface area contributed by atoms with E-state index >= 15 is 0 Å². The zero-order valence-corrected chi connectivity index (χ0v) is 8.58. The summed E-state index contributed by atoms with van der Waals surface area (Å²) in [4.78, 5) is 0. The second kappa shape index (κ2) is 4.02. The topological polar surface area (TPSA) is 9.23 Å². The molecule has 0 aromatic heterocycles. The second-order valence-electron chi connectivity index (χ2n) is 2.60. The summed E-state index contributed by atoms with van der Waals surface area (Å²) >= 11 is 4.86. The zero-order valence-electron chi connectivity index (χ0n) is 6.67. The first-order chi connectivity index (χ1) is 5.20. The van der Waals surface area contributed by atoms with Crippen LogP contribution in [0.2, 0.25) is 16.6 Å². The van der Waals surface area contributed by atoms with Crippen LogP contribution in [-0.4, -0.2) is 14.5 Å². The Morgan fingerprint density at radius 2 is 1.91 bits per heavy atom. The fraction of sp³-hybridized carbons (Fsp3) is 0.250. The third kappa shape index (κ3) is 2.75.